The van der Waals surface area contributed by atoms with E-state index in [1.165, 1.54) is 0 Å². The molecule has 1 aliphatic carbocycles. The van der Waals surface area contributed by atoms with E-state index in [1.807, 2.05) is 20.8 Å². The number of carbonyl (C=O) groups is 2. The van der Waals surface area contributed by atoms with Gasteiger partial charge in [0.05, 0.1) is 25.4 Å². The molecule has 1 heterocycles. The number of rotatable bonds is 5. The number of nitrogens with two attached hydrogens (primary N) is 1. The highest BCUT2D eigenvalue weighted by atomic mass is 16.5. The van der Waals surface area contributed by atoms with E-state index in [2.05, 4.69) is 5.32 Å². The van der Waals surface area contributed by atoms with Gasteiger partial charge < -0.3 is 25.6 Å². The number of carboxylic acid groups (broad SMARTS) is 1. The van der Waals surface area contributed by atoms with Crippen LogP contribution >= 0.6 is 0 Å². The predicted molar refractivity (Wildman–Crippen MR) is 74.6 cm³/mol. The van der Waals surface area contributed by atoms with Gasteiger partial charge in [0.25, 0.3) is 0 Å². The van der Waals surface area contributed by atoms with Crippen molar-refractivity contribution >= 4 is 11.9 Å². The standard InChI is InChI=1S/C14H24N2O5/c1-4-21-10-5-14(15,13(10,2)3)12(19)16-9-7-20-6-8(9)11(17)18/h8-10H,4-7,15H2,1-3H3,(H,16,19)(H,17,18). The summed E-state index contributed by atoms with van der Waals surface area (Å²) in [4.78, 5) is 23.6. The van der Waals surface area contributed by atoms with Gasteiger partial charge in [-0.15, -0.1) is 0 Å². The fourth-order valence-corrected chi connectivity index (χ4v) is 3.06. The van der Waals surface area contributed by atoms with Crippen molar-refractivity contribution in [3.63, 3.8) is 0 Å². The van der Waals surface area contributed by atoms with Gasteiger partial charge in [0.1, 0.15) is 11.5 Å². The molecule has 2 fully saturated rings. The maximum atomic E-state index is 12.5. The van der Waals surface area contributed by atoms with Gasteiger partial charge in [-0.2, -0.15) is 0 Å². The van der Waals surface area contributed by atoms with Crippen molar-refractivity contribution < 1.29 is 24.2 Å². The number of aliphatic carboxylic acids is 1. The molecule has 4 atom stereocenters. The summed E-state index contributed by atoms with van der Waals surface area (Å²) in [6.45, 7) is 6.59. The predicted octanol–water partition coefficient (Wildman–Crippen LogP) is -0.265. The summed E-state index contributed by atoms with van der Waals surface area (Å²) in [6, 6.07) is -0.530. The van der Waals surface area contributed by atoms with Crippen LogP contribution in [-0.4, -0.2) is 54.5 Å². The van der Waals surface area contributed by atoms with E-state index in [4.69, 9.17) is 20.3 Å². The molecule has 0 bridgehead atoms. The van der Waals surface area contributed by atoms with E-state index < -0.39 is 28.9 Å². The molecule has 1 saturated heterocycles. The molecular weight excluding hydrogens is 276 g/mol. The Bertz CT molecular complexity index is 439. The molecule has 7 heteroatoms. The smallest absolute Gasteiger partial charge is 0.311 e. The lowest BCUT2D eigenvalue weighted by atomic mass is 9.54. The number of nitrogens with one attached hydrogen (secondary N) is 1. The van der Waals surface area contributed by atoms with Crippen molar-refractivity contribution in [1.29, 1.82) is 0 Å². The van der Waals surface area contributed by atoms with Crippen LogP contribution in [0.15, 0.2) is 0 Å². The quantitative estimate of drug-likeness (QED) is 0.645. The molecule has 0 aromatic heterocycles. The number of ether oxygens (including phenoxy) is 2. The lowest BCUT2D eigenvalue weighted by Crippen LogP contribution is -2.76. The van der Waals surface area contributed by atoms with Gasteiger partial charge in [-0.3, -0.25) is 9.59 Å². The summed E-state index contributed by atoms with van der Waals surface area (Å²) < 4.78 is 10.7. The summed E-state index contributed by atoms with van der Waals surface area (Å²) in [5.74, 6) is -2.02. The minimum absolute atomic E-state index is 0.0617. The second kappa shape index (κ2) is 5.55. The Morgan fingerprint density at radius 2 is 2.10 bits per heavy atom. The molecule has 0 aromatic carbocycles. The highest BCUT2D eigenvalue weighted by molar-refractivity contribution is 5.89. The lowest BCUT2D eigenvalue weighted by molar-refractivity contribution is -0.171. The monoisotopic (exact) mass is 300 g/mol. The summed E-state index contributed by atoms with van der Waals surface area (Å²) in [5.41, 5.74) is 4.73. The van der Waals surface area contributed by atoms with Gasteiger partial charge in [0, 0.05) is 18.4 Å². The minimum atomic E-state index is -1.04. The van der Waals surface area contributed by atoms with Crippen LogP contribution in [0.3, 0.4) is 0 Å². The van der Waals surface area contributed by atoms with Crippen LogP contribution in [0.1, 0.15) is 27.2 Å². The first-order chi connectivity index (χ1) is 9.74. The zero-order valence-corrected chi connectivity index (χ0v) is 12.7. The van der Waals surface area contributed by atoms with Gasteiger partial charge in [0.2, 0.25) is 5.91 Å². The minimum Gasteiger partial charge on any atom is -0.481 e. The molecule has 4 N–H and O–H groups in total. The molecule has 0 spiro atoms. The Labute approximate surface area is 124 Å². The molecule has 21 heavy (non-hydrogen) atoms. The summed E-state index contributed by atoms with van der Waals surface area (Å²) >= 11 is 0. The topological polar surface area (TPSA) is 111 Å². The van der Waals surface area contributed by atoms with Gasteiger partial charge >= 0.3 is 5.97 Å². The van der Waals surface area contributed by atoms with Crippen molar-refractivity contribution in [2.45, 2.75) is 44.9 Å². The third-order valence-electron chi connectivity index (χ3n) is 4.95. The second-order valence-electron chi connectivity index (χ2n) is 6.40. The molecular formula is C14H24N2O5. The Hall–Kier alpha value is -1.18. The van der Waals surface area contributed by atoms with Crippen LogP contribution in [0, 0.1) is 11.3 Å². The van der Waals surface area contributed by atoms with Crippen LogP contribution in [0.25, 0.3) is 0 Å². The number of hydrogen-bond acceptors (Lipinski definition) is 5. The largest absolute Gasteiger partial charge is 0.481 e. The number of carbonyl (C=O) groups excluding carboxylic acids is 1. The van der Waals surface area contributed by atoms with E-state index in [0.717, 1.165) is 0 Å². The first kappa shape index (κ1) is 16.2. The summed E-state index contributed by atoms with van der Waals surface area (Å²) in [5, 5.41) is 11.8. The molecule has 1 aliphatic heterocycles. The van der Waals surface area contributed by atoms with Crippen LogP contribution in [-0.2, 0) is 19.1 Å². The third-order valence-corrected chi connectivity index (χ3v) is 4.95. The van der Waals surface area contributed by atoms with Crippen molar-refractivity contribution in [2.24, 2.45) is 17.1 Å². The molecule has 4 unspecified atom stereocenters. The number of amides is 1. The lowest BCUT2D eigenvalue weighted by Gasteiger charge is -2.57. The van der Waals surface area contributed by atoms with E-state index in [0.29, 0.717) is 13.0 Å². The molecule has 2 rings (SSSR count). The van der Waals surface area contributed by atoms with Gasteiger partial charge in [-0.1, -0.05) is 13.8 Å². The molecule has 1 saturated carbocycles. The maximum absolute atomic E-state index is 12.5. The average molecular weight is 300 g/mol. The zero-order valence-electron chi connectivity index (χ0n) is 12.7. The highest BCUT2D eigenvalue weighted by Crippen LogP contribution is 2.49. The van der Waals surface area contributed by atoms with Crippen molar-refractivity contribution in [3.8, 4) is 0 Å². The van der Waals surface area contributed by atoms with Crippen LogP contribution in [0.2, 0.25) is 0 Å². The second-order valence-corrected chi connectivity index (χ2v) is 6.40. The molecule has 0 aromatic rings. The van der Waals surface area contributed by atoms with E-state index in [9.17, 15) is 9.59 Å². The van der Waals surface area contributed by atoms with Crippen LogP contribution < -0.4 is 11.1 Å². The average Bonchev–Trinajstić information content (AvgIpc) is 2.86. The van der Waals surface area contributed by atoms with E-state index in [1.54, 1.807) is 0 Å². The molecule has 1 amide bonds. The summed E-state index contributed by atoms with van der Waals surface area (Å²) in [6.07, 6.45) is 0.374. The fraction of sp³-hybridized carbons (Fsp3) is 0.857. The van der Waals surface area contributed by atoms with E-state index >= 15 is 0 Å². The van der Waals surface area contributed by atoms with Crippen molar-refractivity contribution in [3.05, 3.63) is 0 Å². The van der Waals surface area contributed by atoms with Gasteiger partial charge in [-0.05, 0) is 6.92 Å². The number of carboxylic acids is 1. The third kappa shape index (κ3) is 2.54. The summed E-state index contributed by atoms with van der Waals surface area (Å²) in [7, 11) is 0. The Morgan fingerprint density at radius 3 is 2.62 bits per heavy atom. The first-order valence-electron chi connectivity index (χ1n) is 7.26. The van der Waals surface area contributed by atoms with Crippen molar-refractivity contribution in [1.82, 2.24) is 5.32 Å². The Morgan fingerprint density at radius 1 is 1.43 bits per heavy atom. The molecule has 7 nitrogen and oxygen atoms in total. The van der Waals surface area contributed by atoms with Gasteiger partial charge in [0.15, 0.2) is 0 Å². The molecule has 2 aliphatic rings. The molecule has 0 radical (unpaired) electrons. The van der Waals surface area contributed by atoms with E-state index in [-0.39, 0.29) is 25.2 Å². The fourth-order valence-electron chi connectivity index (χ4n) is 3.06. The maximum Gasteiger partial charge on any atom is 0.311 e. The van der Waals surface area contributed by atoms with Gasteiger partial charge in [-0.25, -0.2) is 0 Å². The first-order valence-corrected chi connectivity index (χ1v) is 7.26. The zero-order chi connectivity index (χ0) is 15.8. The van der Waals surface area contributed by atoms with Crippen molar-refractivity contribution in [2.75, 3.05) is 19.8 Å². The molecule has 120 valence electrons. The highest BCUT2D eigenvalue weighted by Gasteiger charge is 2.63. The normalized spacial score (nSPS) is 37.8. The SMILES string of the molecule is CCOC1CC(N)(C(=O)NC2COCC2C(=O)O)C1(C)C. The Kier molecular flexibility index (Phi) is 4.28. The van der Waals surface area contributed by atoms with Crippen LogP contribution in [0.5, 0.6) is 0 Å². The Balaban J connectivity index is 2.02. The number of hydrogen-bond donors (Lipinski definition) is 3. The van der Waals surface area contributed by atoms with Crippen LogP contribution in [0.4, 0.5) is 0 Å².